The molecule has 0 fully saturated rings. The van der Waals surface area contributed by atoms with E-state index in [0.717, 1.165) is 5.44 Å². The summed E-state index contributed by atoms with van der Waals surface area (Å²) in [5.74, 6) is 0. The van der Waals surface area contributed by atoms with Crippen LogP contribution in [0.5, 0.6) is 0 Å². The fraction of sp³-hybridized carbons (Fsp3) is 0.167. The van der Waals surface area contributed by atoms with Gasteiger partial charge in [0.1, 0.15) is 0 Å². The van der Waals surface area contributed by atoms with Gasteiger partial charge >= 0.3 is 0 Å². The second kappa shape index (κ2) is 11.4. The molecule has 0 saturated carbocycles. The van der Waals surface area contributed by atoms with E-state index in [-0.39, 0.29) is 0 Å². The fourth-order valence-electron chi connectivity index (χ4n) is 0.718. The van der Waals surface area contributed by atoms with Gasteiger partial charge in [0.25, 0.3) is 0 Å². The Morgan fingerprint density at radius 3 is 2.06 bits per heavy atom. The van der Waals surface area contributed by atoms with Crippen LogP contribution in [-0.4, -0.2) is 27.0 Å². The molecule has 0 aliphatic rings. The maximum absolute atomic E-state index is 9.56. The van der Waals surface area contributed by atoms with Crippen LogP contribution >= 0.6 is 20.8 Å². The van der Waals surface area contributed by atoms with Gasteiger partial charge in [0.15, 0.2) is 0 Å². The van der Waals surface area contributed by atoms with Crippen LogP contribution in [0.25, 0.3) is 0 Å². The van der Waals surface area contributed by atoms with E-state index in [2.05, 4.69) is 19.2 Å². The molecule has 6 heteroatoms. The highest BCUT2D eigenvalue weighted by Crippen LogP contribution is 2.00. The Morgan fingerprint density at radius 1 is 1.17 bits per heavy atom. The lowest BCUT2D eigenvalue weighted by atomic mass is 10.5. The topological polar surface area (TPSA) is 48.8 Å². The van der Waals surface area contributed by atoms with Crippen LogP contribution in [0.15, 0.2) is 48.9 Å². The molecular formula is C12H16ClN2OPS. The molecule has 0 aromatic carbocycles. The summed E-state index contributed by atoms with van der Waals surface area (Å²) in [6.07, 6.45) is 8.33. The SMILES string of the molecule is C[S+](C)[O-].Clc1cccnc1.Pc1ccccn1. The number of rotatable bonds is 0. The van der Waals surface area contributed by atoms with Crippen molar-refractivity contribution in [1.29, 1.82) is 0 Å². The van der Waals surface area contributed by atoms with Gasteiger partial charge in [-0.2, -0.15) is 0 Å². The Labute approximate surface area is 118 Å². The quantitative estimate of drug-likeness (QED) is 0.554. The lowest BCUT2D eigenvalue weighted by Gasteiger charge is -1.87. The molecule has 2 heterocycles. The summed E-state index contributed by atoms with van der Waals surface area (Å²) in [4.78, 5) is 7.69. The van der Waals surface area contributed by atoms with Crippen LogP contribution in [0.2, 0.25) is 5.02 Å². The molecule has 0 N–H and O–H groups in total. The van der Waals surface area contributed by atoms with Crippen molar-refractivity contribution in [2.24, 2.45) is 0 Å². The lowest BCUT2D eigenvalue weighted by Crippen LogP contribution is -1.91. The van der Waals surface area contributed by atoms with Gasteiger partial charge in [-0.05, 0) is 24.3 Å². The predicted molar refractivity (Wildman–Crippen MR) is 82.8 cm³/mol. The summed E-state index contributed by atoms with van der Waals surface area (Å²) >= 11 is 4.87. The van der Waals surface area contributed by atoms with Crippen LogP contribution in [0, 0.1) is 0 Å². The molecule has 1 unspecified atom stereocenters. The largest absolute Gasteiger partial charge is 0.617 e. The Morgan fingerprint density at radius 2 is 1.83 bits per heavy atom. The van der Waals surface area contributed by atoms with Crippen LogP contribution in [0.4, 0.5) is 0 Å². The fourth-order valence-corrected chi connectivity index (χ4v) is 1.04. The maximum Gasteiger partial charge on any atom is 0.0946 e. The van der Waals surface area contributed by atoms with E-state index >= 15 is 0 Å². The van der Waals surface area contributed by atoms with Crippen molar-refractivity contribution < 1.29 is 4.55 Å². The minimum atomic E-state index is -0.611. The molecule has 0 aliphatic carbocycles. The molecule has 3 nitrogen and oxygen atoms in total. The van der Waals surface area contributed by atoms with Crippen LogP contribution in [0.1, 0.15) is 0 Å². The first-order valence-corrected chi connectivity index (χ1v) is 7.91. The molecule has 0 amide bonds. The third-order valence-electron chi connectivity index (χ3n) is 1.31. The van der Waals surface area contributed by atoms with Crippen molar-refractivity contribution >= 4 is 37.5 Å². The highest BCUT2D eigenvalue weighted by atomic mass is 35.5. The molecule has 1 atom stereocenters. The number of halogens is 1. The number of nitrogens with zero attached hydrogens (tertiary/aromatic N) is 2. The number of hydrogen-bond donors (Lipinski definition) is 0. The Balaban J connectivity index is 0.000000253. The number of hydrogen-bond acceptors (Lipinski definition) is 3. The Kier molecular flexibility index (Phi) is 11.0. The molecule has 0 spiro atoms. The monoisotopic (exact) mass is 302 g/mol. The first kappa shape index (κ1) is 17.3. The minimum absolute atomic E-state index is 0.611. The number of aromatic nitrogens is 2. The molecule has 2 rings (SSSR count). The van der Waals surface area contributed by atoms with E-state index in [9.17, 15) is 4.55 Å². The molecule has 98 valence electrons. The molecule has 0 saturated heterocycles. The predicted octanol–water partition coefficient (Wildman–Crippen LogP) is 2.31. The summed E-state index contributed by atoms with van der Waals surface area (Å²) in [5, 5.41) is 0.683. The smallest absolute Gasteiger partial charge is 0.0946 e. The van der Waals surface area contributed by atoms with Gasteiger partial charge in [0, 0.05) is 18.6 Å². The number of pyridine rings is 2. The van der Waals surface area contributed by atoms with Gasteiger partial charge in [-0.15, -0.1) is 0 Å². The van der Waals surface area contributed by atoms with Gasteiger partial charge in [-0.1, -0.05) is 38.1 Å². The molecule has 18 heavy (non-hydrogen) atoms. The summed E-state index contributed by atoms with van der Waals surface area (Å²) in [6, 6.07) is 9.37. The van der Waals surface area contributed by atoms with Gasteiger partial charge in [0.05, 0.1) is 23.0 Å². The first-order chi connectivity index (χ1) is 8.52. The third kappa shape index (κ3) is 13.4. The Bertz CT molecular complexity index is 363. The highest BCUT2D eigenvalue weighted by Gasteiger charge is 1.76. The van der Waals surface area contributed by atoms with Gasteiger partial charge in [0.2, 0.25) is 0 Å². The van der Waals surface area contributed by atoms with Crippen molar-refractivity contribution in [2.75, 3.05) is 12.5 Å². The van der Waals surface area contributed by atoms with Crippen LogP contribution < -0.4 is 5.44 Å². The zero-order valence-corrected chi connectivity index (χ0v) is 13.0. The van der Waals surface area contributed by atoms with Crippen molar-refractivity contribution in [3.63, 3.8) is 0 Å². The molecular weight excluding hydrogens is 287 g/mol. The van der Waals surface area contributed by atoms with Gasteiger partial charge in [-0.3, -0.25) is 9.97 Å². The zero-order chi connectivity index (χ0) is 13.8. The van der Waals surface area contributed by atoms with E-state index in [1.807, 2.05) is 18.2 Å². The second-order valence-electron chi connectivity index (χ2n) is 3.17. The van der Waals surface area contributed by atoms with Crippen molar-refractivity contribution in [3.8, 4) is 0 Å². The van der Waals surface area contributed by atoms with Crippen molar-refractivity contribution in [1.82, 2.24) is 9.97 Å². The van der Waals surface area contributed by atoms with E-state index in [1.165, 1.54) is 0 Å². The van der Waals surface area contributed by atoms with Crippen LogP contribution in [0.3, 0.4) is 0 Å². The maximum atomic E-state index is 9.56. The summed E-state index contributed by atoms with van der Waals surface area (Å²) in [5.41, 5.74) is 0.988. The minimum Gasteiger partial charge on any atom is -0.617 e. The highest BCUT2D eigenvalue weighted by molar-refractivity contribution is 7.89. The normalized spacial score (nSPS) is 8.78. The van der Waals surface area contributed by atoms with Crippen molar-refractivity contribution in [3.05, 3.63) is 53.9 Å². The lowest BCUT2D eigenvalue weighted by molar-refractivity contribution is 0.606. The zero-order valence-electron chi connectivity index (χ0n) is 10.3. The second-order valence-corrected chi connectivity index (χ2v) is 5.68. The molecule has 2 aromatic heterocycles. The van der Waals surface area contributed by atoms with E-state index < -0.39 is 11.2 Å². The van der Waals surface area contributed by atoms with E-state index in [1.54, 1.807) is 43.2 Å². The summed E-state index contributed by atoms with van der Waals surface area (Å²) in [7, 11) is 2.52. The standard InChI is InChI=1S/C5H4ClN.C5H6NP.C2H6OS/c6-5-2-1-3-7-4-5;7-5-3-1-2-4-6-5;1-4(2)3/h1-4H;1-4H,7H2;1-2H3. The molecule has 2 aromatic rings. The van der Waals surface area contributed by atoms with Crippen LogP contribution in [-0.2, 0) is 11.2 Å². The molecule has 0 bridgehead atoms. The van der Waals surface area contributed by atoms with Gasteiger partial charge in [-0.25, -0.2) is 0 Å². The first-order valence-electron chi connectivity index (χ1n) is 4.99. The average Bonchev–Trinajstić information content (AvgIpc) is 2.31. The van der Waals surface area contributed by atoms with Crippen molar-refractivity contribution in [2.45, 2.75) is 0 Å². The molecule has 0 radical (unpaired) electrons. The summed E-state index contributed by atoms with van der Waals surface area (Å²) < 4.78 is 9.56. The van der Waals surface area contributed by atoms with E-state index in [0.29, 0.717) is 5.02 Å². The summed E-state index contributed by atoms with van der Waals surface area (Å²) in [6.45, 7) is 0. The van der Waals surface area contributed by atoms with E-state index in [4.69, 9.17) is 11.6 Å². The van der Waals surface area contributed by atoms with Gasteiger partial charge < -0.3 is 4.55 Å². The Hall–Kier alpha value is -0.670. The average molecular weight is 303 g/mol. The third-order valence-corrected chi connectivity index (χ3v) is 1.88. The molecule has 0 aliphatic heterocycles.